The van der Waals surface area contributed by atoms with Crippen molar-refractivity contribution in [1.29, 1.82) is 0 Å². The zero-order chi connectivity index (χ0) is 10.6. The van der Waals surface area contributed by atoms with Gasteiger partial charge in [0.05, 0.1) is 0 Å². The van der Waals surface area contributed by atoms with Crippen molar-refractivity contribution in [3.63, 3.8) is 0 Å². The molecule has 0 aliphatic heterocycles. The van der Waals surface area contributed by atoms with Crippen molar-refractivity contribution in [2.45, 2.75) is 12.8 Å². The van der Waals surface area contributed by atoms with E-state index in [1.165, 1.54) is 6.07 Å². The van der Waals surface area contributed by atoms with Gasteiger partial charge in [0.2, 0.25) is 0 Å². The largest absolute Gasteiger partial charge is 0.409 e. The van der Waals surface area contributed by atoms with Crippen LogP contribution in [-0.2, 0) is 6.42 Å². The molecule has 5 heteroatoms. The van der Waals surface area contributed by atoms with E-state index in [0.29, 0.717) is 18.4 Å². The number of hydrogen-bond donors (Lipinski definition) is 2. The average molecular weight is 308 g/mol. The first-order valence-corrected chi connectivity index (χ1v) is 5.12. The third-order valence-corrected chi connectivity index (χ3v) is 2.83. The number of halogens is 2. The van der Waals surface area contributed by atoms with E-state index in [-0.39, 0.29) is 11.7 Å². The lowest BCUT2D eigenvalue weighted by molar-refractivity contribution is 0.317. The summed E-state index contributed by atoms with van der Waals surface area (Å²) in [6.45, 7) is 0. The first-order chi connectivity index (χ1) is 6.65. The van der Waals surface area contributed by atoms with Crippen molar-refractivity contribution in [2.75, 3.05) is 0 Å². The van der Waals surface area contributed by atoms with E-state index in [4.69, 9.17) is 10.9 Å². The average Bonchev–Trinajstić information content (AvgIpc) is 2.16. The summed E-state index contributed by atoms with van der Waals surface area (Å²) in [5, 5.41) is 11.2. The van der Waals surface area contributed by atoms with Crippen LogP contribution in [0.1, 0.15) is 12.0 Å². The summed E-state index contributed by atoms with van der Waals surface area (Å²) in [4.78, 5) is 0. The van der Waals surface area contributed by atoms with Crippen LogP contribution >= 0.6 is 22.6 Å². The summed E-state index contributed by atoms with van der Waals surface area (Å²) >= 11 is 2.06. The fourth-order valence-corrected chi connectivity index (χ4v) is 1.81. The Morgan fingerprint density at radius 2 is 2.29 bits per heavy atom. The maximum absolute atomic E-state index is 13.3. The van der Waals surface area contributed by atoms with Gasteiger partial charge in [-0.3, -0.25) is 0 Å². The zero-order valence-corrected chi connectivity index (χ0v) is 9.53. The predicted octanol–water partition coefficient (Wildman–Crippen LogP) is 2.11. The monoisotopic (exact) mass is 308 g/mol. The molecule has 3 nitrogen and oxygen atoms in total. The minimum atomic E-state index is -0.248. The van der Waals surface area contributed by atoms with Crippen LogP contribution in [0.15, 0.2) is 23.4 Å². The highest BCUT2D eigenvalue weighted by Gasteiger charge is 2.06. The van der Waals surface area contributed by atoms with E-state index < -0.39 is 0 Å². The third-order valence-electron chi connectivity index (χ3n) is 1.82. The van der Waals surface area contributed by atoms with E-state index in [0.717, 1.165) is 3.57 Å². The third kappa shape index (κ3) is 2.83. The molecule has 0 aliphatic carbocycles. The van der Waals surface area contributed by atoms with Gasteiger partial charge in [-0.1, -0.05) is 11.2 Å². The molecule has 0 aliphatic rings. The molecular weight excluding hydrogens is 298 g/mol. The molecule has 0 atom stereocenters. The number of oxime groups is 1. The van der Waals surface area contributed by atoms with Gasteiger partial charge in [-0.2, -0.15) is 0 Å². The lowest BCUT2D eigenvalue weighted by Crippen LogP contribution is -2.13. The number of hydrogen-bond acceptors (Lipinski definition) is 2. The highest BCUT2D eigenvalue weighted by Crippen LogP contribution is 2.17. The van der Waals surface area contributed by atoms with Crippen molar-refractivity contribution in [1.82, 2.24) is 0 Å². The van der Waals surface area contributed by atoms with Gasteiger partial charge in [0.25, 0.3) is 0 Å². The lowest BCUT2D eigenvalue weighted by Gasteiger charge is -2.04. The molecule has 0 aromatic heterocycles. The second-order valence-corrected chi connectivity index (χ2v) is 3.95. The summed E-state index contributed by atoms with van der Waals surface area (Å²) in [5.74, 6) is -0.133. The van der Waals surface area contributed by atoms with Gasteiger partial charge >= 0.3 is 0 Å². The van der Waals surface area contributed by atoms with Crippen molar-refractivity contribution >= 4 is 28.4 Å². The van der Waals surface area contributed by atoms with Gasteiger partial charge in [0.1, 0.15) is 11.7 Å². The Morgan fingerprint density at radius 1 is 1.57 bits per heavy atom. The molecular formula is C9H10FIN2O. The summed E-state index contributed by atoms with van der Waals surface area (Å²) < 4.78 is 14.1. The molecule has 0 radical (unpaired) electrons. The van der Waals surface area contributed by atoms with Crippen molar-refractivity contribution in [3.8, 4) is 0 Å². The smallest absolute Gasteiger partial charge is 0.139 e. The lowest BCUT2D eigenvalue weighted by atomic mass is 10.1. The van der Waals surface area contributed by atoms with Crippen molar-refractivity contribution in [3.05, 3.63) is 33.1 Å². The number of benzene rings is 1. The SMILES string of the molecule is N/C(CCc1c(F)cccc1I)=N\O. The Labute approximate surface area is 94.9 Å². The predicted molar refractivity (Wildman–Crippen MR) is 60.8 cm³/mol. The fourth-order valence-electron chi connectivity index (χ4n) is 1.07. The van der Waals surface area contributed by atoms with Crippen LogP contribution < -0.4 is 5.73 Å². The van der Waals surface area contributed by atoms with Gasteiger partial charge in [-0.05, 0) is 41.1 Å². The van der Waals surface area contributed by atoms with E-state index in [9.17, 15) is 4.39 Å². The van der Waals surface area contributed by atoms with Crippen LogP contribution in [0.5, 0.6) is 0 Å². The van der Waals surface area contributed by atoms with E-state index in [1.807, 2.05) is 6.07 Å². The summed E-state index contributed by atoms with van der Waals surface area (Å²) in [5.41, 5.74) is 5.91. The molecule has 1 rings (SSSR count). The molecule has 0 unspecified atom stereocenters. The molecule has 0 fully saturated rings. The maximum atomic E-state index is 13.3. The molecule has 0 bridgehead atoms. The quantitative estimate of drug-likeness (QED) is 0.295. The molecule has 76 valence electrons. The maximum Gasteiger partial charge on any atom is 0.139 e. The standard InChI is InChI=1S/C9H10FIN2O/c10-7-2-1-3-8(11)6(7)4-5-9(12)13-14/h1-3,14H,4-5H2,(H2,12,13). The summed E-state index contributed by atoms with van der Waals surface area (Å²) in [7, 11) is 0. The van der Waals surface area contributed by atoms with Crippen LogP contribution in [-0.4, -0.2) is 11.0 Å². The van der Waals surface area contributed by atoms with E-state index >= 15 is 0 Å². The normalized spacial score (nSPS) is 11.7. The van der Waals surface area contributed by atoms with Crippen LogP contribution in [0.4, 0.5) is 4.39 Å². The summed E-state index contributed by atoms with van der Waals surface area (Å²) in [6.07, 6.45) is 0.800. The van der Waals surface area contributed by atoms with Crippen LogP contribution in [0.3, 0.4) is 0 Å². The molecule has 0 saturated heterocycles. The minimum absolute atomic E-state index is 0.115. The topological polar surface area (TPSA) is 58.6 Å². The number of nitrogens with two attached hydrogens (primary N) is 1. The van der Waals surface area contributed by atoms with E-state index in [2.05, 4.69) is 27.7 Å². The number of amidine groups is 1. The Kier molecular flexibility index (Phi) is 4.12. The highest BCUT2D eigenvalue weighted by molar-refractivity contribution is 14.1. The van der Waals surface area contributed by atoms with Crippen LogP contribution in [0, 0.1) is 9.39 Å². The van der Waals surface area contributed by atoms with Gasteiger partial charge in [-0.25, -0.2) is 4.39 Å². The van der Waals surface area contributed by atoms with Crippen LogP contribution in [0.2, 0.25) is 0 Å². The second-order valence-electron chi connectivity index (χ2n) is 2.79. The molecule has 1 aromatic carbocycles. The number of rotatable bonds is 3. The molecule has 3 N–H and O–H groups in total. The minimum Gasteiger partial charge on any atom is -0.409 e. The Bertz CT molecular complexity index is 334. The molecule has 0 amide bonds. The Hall–Kier alpha value is -0.850. The molecule has 0 heterocycles. The van der Waals surface area contributed by atoms with Crippen molar-refractivity contribution < 1.29 is 9.60 Å². The Balaban J connectivity index is 2.76. The van der Waals surface area contributed by atoms with Gasteiger partial charge in [-0.15, -0.1) is 0 Å². The molecule has 14 heavy (non-hydrogen) atoms. The second kappa shape index (κ2) is 5.14. The van der Waals surface area contributed by atoms with Gasteiger partial charge in [0, 0.05) is 15.6 Å². The molecule has 0 saturated carbocycles. The van der Waals surface area contributed by atoms with E-state index in [1.54, 1.807) is 6.07 Å². The first-order valence-electron chi connectivity index (χ1n) is 4.04. The van der Waals surface area contributed by atoms with Crippen LogP contribution in [0.25, 0.3) is 0 Å². The highest BCUT2D eigenvalue weighted by atomic mass is 127. The Morgan fingerprint density at radius 3 is 2.86 bits per heavy atom. The van der Waals surface area contributed by atoms with Crippen molar-refractivity contribution in [2.24, 2.45) is 10.9 Å². The molecule has 1 aromatic rings. The number of nitrogens with zero attached hydrogens (tertiary/aromatic N) is 1. The fraction of sp³-hybridized carbons (Fsp3) is 0.222. The zero-order valence-electron chi connectivity index (χ0n) is 7.37. The summed E-state index contributed by atoms with van der Waals surface area (Å²) in [6, 6.07) is 4.89. The van der Waals surface area contributed by atoms with Gasteiger partial charge in [0.15, 0.2) is 0 Å². The first kappa shape index (κ1) is 11.2. The molecule has 0 spiro atoms. The van der Waals surface area contributed by atoms with Gasteiger partial charge < -0.3 is 10.9 Å².